The van der Waals surface area contributed by atoms with Gasteiger partial charge in [-0.05, 0) is 24.6 Å². The lowest BCUT2D eigenvalue weighted by atomic mass is 10.0. The number of rotatable bonds is 8. The number of hydrogen-bond donors (Lipinski definition) is 2. The lowest BCUT2D eigenvalue weighted by Crippen LogP contribution is -2.29. The summed E-state index contributed by atoms with van der Waals surface area (Å²) in [6, 6.07) is 2.46. The van der Waals surface area contributed by atoms with Gasteiger partial charge in [-0.15, -0.1) is 10.2 Å². The highest BCUT2D eigenvalue weighted by molar-refractivity contribution is 5.65. The van der Waals surface area contributed by atoms with Crippen molar-refractivity contribution in [3.05, 3.63) is 41.9 Å². The summed E-state index contributed by atoms with van der Waals surface area (Å²) in [7, 11) is 0. The average molecular weight is 377 g/mol. The van der Waals surface area contributed by atoms with E-state index in [0.29, 0.717) is 0 Å². The summed E-state index contributed by atoms with van der Waals surface area (Å²) in [6.07, 6.45) is -6.00. The van der Waals surface area contributed by atoms with Crippen LogP contribution in [0.1, 0.15) is 30.3 Å². The Hall–Kier alpha value is -2.85. The first-order valence-corrected chi connectivity index (χ1v) is 7.48. The highest BCUT2D eigenvalue weighted by atomic mass is 19.4. The first-order valence-electron chi connectivity index (χ1n) is 7.48. The Morgan fingerprint density at radius 3 is 2.77 bits per heavy atom. The fourth-order valence-corrected chi connectivity index (χ4v) is 2.19. The molecule has 1 heterocycles. The van der Waals surface area contributed by atoms with E-state index in [-0.39, 0.29) is 36.7 Å². The van der Waals surface area contributed by atoms with Gasteiger partial charge < -0.3 is 19.6 Å². The highest BCUT2D eigenvalue weighted by Gasteiger charge is 2.26. The second-order valence-corrected chi connectivity index (χ2v) is 5.29. The van der Waals surface area contributed by atoms with Crippen molar-refractivity contribution in [2.75, 3.05) is 6.61 Å². The van der Waals surface area contributed by atoms with Crippen LogP contribution in [0.4, 0.5) is 22.4 Å². The third-order valence-electron chi connectivity index (χ3n) is 3.30. The van der Waals surface area contributed by atoms with Crippen molar-refractivity contribution in [2.45, 2.75) is 31.5 Å². The van der Waals surface area contributed by atoms with Gasteiger partial charge in [0.05, 0.1) is 19.1 Å². The number of aromatic nitrogens is 2. The molecule has 7 nitrogen and oxygen atoms in total. The Morgan fingerprint density at radius 1 is 1.38 bits per heavy atom. The zero-order valence-corrected chi connectivity index (χ0v) is 13.3. The molecule has 2 rings (SSSR count). The van der Waals surface area contributed by atoms with Crippen LogP contribution in [0.5, 0.6) is 5.75 Å². The SMILES string of the molecule is O=C(O)NC(Cc1nnco1)c1cc(OCCCC(F)(F)F)ccc1F. The molecule has 1 atom stereocenters. The van der Waals surface area contributed by atoms with Gasteiger partial charge in [0, 0.05) is 12.0 Å². The Kier molecular flexibility index (Phi) is 6.36. The Labute approximate surface area is 145 Å². The van der Waals surface area contributed by atoms with Crippen LogP contribution in [0.25, 0.3) is 0 Å². The zero-order chi connectivity index (χ0) is 19.2. The summed E-state index contributed by atoms with van der Waals surface area (Å²) in [6.45, 7) is -0.217. The molecule has 0 saturated carbocycles. The van der Waals surface area contributed by atoms with E-state index in [1.54, 1.807) is 0 Å². The maximum Gasteiger partial charge on any atom is 0.405 e. The minimum absolute atomic E-state index is 0.0566. The van der Waals surface area contributed by atoms with Gasteiger partial charge >= 0.3 is 12.3 Å². The van der Waals surface area contributed by atoms with Crippen LogP contribution in [-0.2, 0) is 6.42 Å². The summed E-state index contributed by atoms with van der Waals surface area (Å²) in [4.78, 5) is 11.0. The molecule has 142 valence electrons. The molecule has 11 heteroatoms. The van der Waals surface area contributed by atoms with E-state index in [2.05, 4.69) is 15.5 Å². The summed E-state index contributed by atoms with van der Waals surface area (Å²) in [5.74, 6) is -0.517. The van der Waals surface area contributed by atoms with E-state index in [1.807, 2.05) is 0 Å². The van der Waals surface area contributed by atoms with Crippen molar-refractivity contribution in [3.63, 3.8) is 0 Å². The number of carboxylic acid groups (broad SMARTS) is 1. The van der Waals surface area contributed by atoms with Crippen LogP contribution in [-0.4, -0.2) is 34.2 Å². The minimum atomic E-state index is -4.28. The van der Waals surface area contributed by atoms with Gasteiger partial charge in [0.2, 0.25) is 12.3 Å². The molecule has 0 aliphatic rings. The fraction of sp³-hybridized carbons (Fsp3) is 0.400. The van der Waals surface area contributed by atoms with E-state index < -0.39 is 30.5 Å². The third kappa shape index (κ3) is 6.22. The number of carbonyl (C=O) groups is 1. The molecule has 0 radical (unpaired) electrons. The first-order chi connectivity index (χ1) is 12.2. The van der Waals surface area contributed by atoms with Gasteiger partial charge in [-0.25, -0.2) is 9.18 Å². The maximum atomic E-state index is 14.1. The van der Waals surface area contributed by atoms with Gasteiger partial charge in [-0.2, -0.15) is 13.2 Å². The zero-order valence-electron chi connectivity index (χ0n) is 13.3. The standard InChI is InChI=1S/C15H15F4N3O4/c16-11-3-2-9(25-5-1-4-15(17,18)19)6-10(11)12(21-14(23)24)7-13-22-20-8-26-13/h2-3,6,8,12,21H,1,4-5,7H2,(H,23,24). The van der Waals surface area contributed by atoms with Crippen molar-refractivity contribution in [2.24, 2.45) is 0 Å². The molecular formula is C15H15F4N3O4. The highest BCUT2D eigenvalue weighted by Crippen LogP contribution is 2.26. The quantitative estimate of drug-likeness (QED) is 0.540. The number of nitrogens with one attached hydrogen (secondary N) is 1. The molecule has 0 saturated heterocycles. The van der Waals surface area contributed by atoms with Crippen LogP contribution in [0.15, 0.2) is 29.0 Å². The molecule has 0 fully saturated rings. The smallest absolute Gasteiger partial charge is 0.405 e. The van der Waals surface area contributed by atoms with E-state index in [0.717, 1.165) is 12.5 Å². The number of ether oxygens (including phenoxy) is 1. The lowest BCUT2D eigenvalue weighted by molar-refractivity contribution is -0.136. The molecule has 1 aromatic heterocycles. The number of nitrogens with zero attached hydrogens (tertiary/aromatic N) is 2. The number of halogens is 4. The normalized spacial score (nSPS) is 12.6. The number of hydrogen-bond acceptors (Lipinski definition) is 5. The van der Waals surface area contributed by atoms with Crippen LogP contribution in [0.3, 0.4) is 0 Å². The Bertz CT molecular complexity index is 722. The largest absolute Gasteiger partial charge is 0.494 e. The van der Waals surface area contributed by atoms with Crippen molar-refractivity contribution in [3.8, 4) is 5.75 Å². The van der Waals surface area contributed by atoms with Gasteiger partial charge in [-0.3, -0.25) is 0 Å². The first kappa shape index (κ1) is 19.5. The van der Waals surface area contributed by atoms with Crippen LogP contribution < -0.4 is 10.1 Å². The second kappa shape index (κ2) is 8.50. The average Bonchev–Trinajstić information content (AvgIpc) is 3.04. The van der Waals surface area contributed by atoms with Crippen molar-refractivity contribution >= 4 is 6.09 Å². The molecule has 26 heavy (non-hydrogen) atoms. The van der Waals surface area contributed by atoms with Crippen molar-refractivity contribution < 1.29 is 36.6 Å². The summed E-state index contributed by atoms with van der Waals surface area (Å²) >= 11 is 0. The summed E-state index contributed by atoms with van der Waals surface area (Å²) in [5, 5.41) is 18.2. The molecule has 2 N–H and O–H groups in total. The summed E-state index contributed by atoms with van der Waals surface area (Å²) in [5.41, 5.74) is -0.0566. The second-order valence-electron chi connectivity index (χ2n) is 5.29. The van der Waals surface area contributed by atoms with Gasteiger partial charge in [-0.1, -0.05) is 0 Å². The molecule has 0 spiro atoms. The van der Waals surface area contributed by atoms with Crippen LogP contribution >= 0.6 is 0 Å². The third-order valence-corrected chi connectivity index (χ3v) is 3.30. The lowest BCUT2D eigenvalue weighted by Gasteiger charge is -2.17. The van der Waals surface area contributed by atoms with Crippen molar-refractivity contribution in [1.29, 1.82) is 0 Å². The molecule has 1 unspecified atom stereocenters. The van der Waals surface area contributed by atoms with Gasteiger partial charge in [0.1, 0.15) is 11.6 Å². The van der Waals surface area contributed by atoms with Gasteiger partial charge in [0.15, 0.2) is 0 Å². The van der Waals surface area contributed by atoms with E-state index >= 15 is 0 Å². The molecule has 0 aliphatic carbocycles. The number of amides is 1. The minimum Gasteiger partial charge on any atom is -0.494 e. The summed E-state index contributed by atoms with van der Waals surface area (Å²) < 4.78 is 60.6. The number of alkyl halides is 3. The van der Waals surface area contributed by atoms with Crippen molar-refractivity contribution in [1.82, 2.24) is 15.5 Å². The molecule has 0 aliphatic heterocycles. The Morgan fingerprint density at radius 2 is 2.15 bits per heavy atom. The maximum absolute atomic E-state index is 14.1. The predicted molar refractivity (Wildman–Crippen MR) is 79.1 cm³/mol. The monoisotopic (exact) mass is 377 g/mol. The van der Waals surface area contributed by atoms with Crippen LogP contribution in [0.2, 0.25) is 0 Å². The van der Waals surface area contributed by atoms with E-state index in [9.17, 15) is 22.4 Å². The number of benzene rings is 1. The van der Waals surface area contributed by atoms with Gasteiger partial charge in [0.25, 0.3) is 0 Å². The Balaban J connectivity index is 2.10. The van der Waals surface area contributed by atoms with Crippen LogP contribution in [0, 0.1) is 5.82 Å². The predicted octanol–water partition coefficient (Wildman–Crippen LogP) is 3.48. The van der Waals surface area contributed by atoms with E-state index in [1.165, 1.54) is 12.1 Å². The molecule has 1 aromatic carbocycles. The topological polar surface area (TPSA) is 97.5 Å². The van der Waals surface area contributed by atoms with E-state index in [4.69, 9.17) is 14.3 Å². The molecule has 0 bridgehead atoms. The fourth-order valence-electron chi connectivity index (χ4n) is 2.19. The molecular weight excluding hydrogens is 362 g/mol. The molecule has 2 aromatic rings. The molecule has 1 amide bonds.